The second-order valence-corrected chi connectivity index (χ2v) is 5.66. The molecule has 1 rings (SSSR count). The van der Waals surface area contributed by atoms with Gasteiger partial charge in [0.15, 0.2) is 0 Å². The fraction of sp³-hybridized carbons (Fsp3) is 0.462. The fourth-order valence-electron chi connectivity index (χ4n) is 1.56. The molecule has 0 spiro atoms. The predicted molar refractivity (Wildman–Crippen MR) is 80.0 cm³/mol. The molecule has 0 bridgehead atoms. The Morgan fingerprint density at radius 1 is 1.44 bits per heavy atom. The molecule has 0 aliphatic carbocycles. The zero-order valence-corrected chi connectivity index (χ0v) is 13.2. The Morgan fingerprint density at radius 2 is 2.00 bits per heavy atom. The molecule has 0 heterocycles. The van der Waals surface area contributed by atoms with E-state index < -0.39 is 5.54 Å². The van der Waals surface area contributed by atoms with Gasteiger partial charge < -0.3 is 11.1 Å². The van der Waals surface area contributed by atoms with Gasteiger partial charge in [0.25, 0.3) is 0 Å². The summed E-state index contributed by atoms with van der Waals surface area (Å²) in [5.74, 6) is -0.187. The fourth-order valence-corrected chi connectivity index (χ4v) is 2.28. The summed E-state index contributed by atoms with van der Waals surface area (Å²) in [5.41, 5.74) is 6.81. The molecule has 3 nitrogen and oxygen atoms in total. The molecule has 3 N–H and O–H groups in total. The Balaban J connectivity index is 2.98. The lowest BCUT2D eigenvalue weighted by Gasteiger charge is -2.25. The van der Waals surface area contributed by atoms with Crippen LogP contribution >= 0.6 is 27.5 Å². The van der Waals surface area contributed by atoms with Gasteiger partial charge >= 0.3 is 0 Å². The van der Waals surface area contributed by atoms with Crippen LogP contribution in [0.5, 0.6) is 0 Å². The van der Waals surface area contributed by atoms with E-state index >= 15 is 0 Å². The van der Waals surface area contributed by atoms with Crippen LogP contribution in [0.25, 0.3) is 0 Å². The third-order valence-corrected chi connectivity index (χ3v) is 4.27. The highest BCUT2D eigenvalue weighted by Gasteiger charge is 2.30. The van der Waals surface area contributed by atoms with Crippen molar-refractivity contribution < 1.29 is 4.79 Å². The van der Waals surface area contributed by atoms with Crippen molar-refractivity contribution in [1.82, 2.24) is 0 Å². The average Bonchev–Trinajstić information content (AvgIpc) is 2.34. The van der Waals surface area contributed by atoms with Crippen LogP contribution in [0.2, 0.25) is 5.02 Å². The van der Waals surface area contributed by atoms with E-state index in [-0.39, 0.29) is 5.91 Å². The number of hydrogen-bond donors (Lipinski definition) is 2. The van der Waals surface area contributed by atoms with Gasteiger partial charge in [-0.25, -0.2) is 0 Å². The molecule has 0 aliphatic rings. The number of nitrogens with two attached hydrogens (primary N) is 1. The van der Waals surface area contributed by atoms with Crippen LogP contribution in [0.1, 0.15) is 32.3 Å². The van der Waals surface area contributed by atoms with E-state index in [1.54, 1.807) is 6.07 Å². The molecule has 0 atom stereocenters. The van der Waals surface area contributed by atoms with Crippen molar-refractivity contribution in [3.8, 4) is 0 Å². The number of rotatable bonds is 4. The summed E-state index contributed by atoms with van der Waals surface area (Å²) >= 11 is 9.45. The van der Waals surface area contributed by atoms with Gasteiger partial charge in [-0.1, -0.05) is 25.4 Å². The number of aryl methyl sites for hydroxylation is 1. The zero-order valence-electron chi connectivity index (χ0n) is 10.8. The minimum absolute atomic E-state index is 0.187. The Bertz CT molecular complexity index is 459. The molecule has 0 fully saturated rings. The van der Waals surface area contributed by atoms with Crippen molar-refractivity contribution in [2.45, 2.75) is 39.2 Å². The first kappa shape index (κ1) is 15.5. The highest BCUT2D eigenvalue weighted by atomic mass is 79.9. The summed E-state index contributed by atoms with van der Waals surface area (Å²) in [7, 11) is 0. The molecule has 0 unspecified atom stereocenters. The summed E-state index contributed by atoms with van der Waals surface area (Å²) < 4.78 is 0.798. The molecular formula is C13H18BrClN2O. The van der Waals surface area contributed by atoms with Crippen molar-refractivity contribution in [2.24, 2.45) is 5.73 Å². The Kier molecular flexibility index (Phi) is 5.20. The minimum Gasteiger partial charge on any atom is -0.323 e. The topological polar surface area (TPSA) is 55.1 Å². The maximum absolute atomic E-state index is 12.1. The minimum atomic E-state index is -0.837. The van der Waals surface area contributed by atoms with E-state index in [9.17, 15) is 4.79 Å². The van der Waals surface area contributed by atoms with Crippen molar-refractivity contribution in [2.75, 3.05) is 5.32 Å². The summed E-state index contributed by atoms with van der Waals surface area (Å²) in [6.07, 6.45) is 1.18. The zero-order chi connectivity index (χ0) is 13.9. The van der Waals surface area contributed by atoms with Crippen molar-refractivity contribution >= 4 is 39.1 Å². The number of hydrogen-bond acceptors (Lipinski definition) is 2. The lowest BCUT2D eigenvalue weighted by atomic mass is 9.93. The van der Waals surface area contributed by atoms with Gasteiger partial charge in [0.1, 0.15) is 0 Å². The number of anilines is 1. The highest BCUT2D eigenvalue weighted by Crippen LogP contribution is 2.30. The molecular weight excluding hydrogens is 316 g/mol. The molecule has 100 valence electrons. The van der Waals surface area contributed by atoms with Gasteiger partial charge in [-0.2, -0.15) is 0 Å². The van der Waals surface area contributed by atoms with Crippen LogP contribution in [-0.4, -0.2) is 11.4 Å². The number of carbonyl (C=O) groups excluding carboxylic acids is 1. The number of amides is 1. The van der Waals surface area contributed by atoms with E-state index in [2.05, 4.69) is 21.2 Å². The molecule has 0 radical (unpaired) electrons. The summed E-state index contributed by atoms with van der Waals surface area (Å²) in [4.78, 5) is 12.1. The molecule has 0 aromatic heterocycles. The molecule has 0 saturated heterocycles. The Hall–Kier alpha value is -0.580. The van der Waals surface area contributed by atoms with Gasteiger partial charge in [0.05, 0.1) is 11.2 Å². The Labute approximate surface area is 121 Å². The summed E-state index contributed by atoms with van der Waals surface area (Å²) in [5, 5.41) is 3.44. The lowest BCUT2D eigenvalue weighted by molar-refractivity contribution is -0.121. The highest BCUT2D eigenvalue weighted by molar-refractivity contribution is 9.10. The predicted octanol–water partition coefficient (Wildman–Crippen LogP) is 3.87. The van der Waals surface area contributed by atoms with E-state index in [1.165, 1.54) is 0 Å². The quantitative estimate of drug-likeness (QED) is 0.879. The standard InChI is InChI=1S/C13H18BrClN2O/c1-4-13(16,5-2)12(18)17-11-7-10(15)8(3)6-9(11)14/h6-7H,4-5,16H2,1-3H3,(H,17,18). The number of halogens is 2. The monoisotopic (exact) mass is 332 g/mol. The number of benzene rings is 1. The molecule has 5 heteroatoms. The first-order valence-electron chi connectivity index (χ1n) is 5.90. The smallest absolute Gasteiger partial charge is 0.244 e. The van der Waals surface area contributed by atoms with Crippen LogP contribution in [-0.2, 0) is 4.79 Å². The maximum atomic E-state index is 12.1. The lowest BCUT2D eigenvalue weighted by Crippen LogP contribution is -2.50. The molecule has 18 heavy (non-hydrogen) atoms. The van der Waals surface area contributed by atoms with Crippen LogP contribution in [0.3, 0.4) is 0 Å². The van der Waals surface area contributed by atoms with Gasteiger partial charge in [-0.05, 0) is 53.4 Å². The molecule has 1 amide bonds. The Morgan fingerprint density at radius 3 is 2.50 bits per heavy atom. The number of nitrogens with one attached hydrogen (secondary N) is 1. The molecule has 0 saturated carbocycles. The largest absolute Gasteiger partial charge is 0.323 e. The third-order valence-electron chi connectivity index (χ3n) is 3.21. The van der Waals surface area contributed by atoms with Crippen molar-refractivity contribution in [3.05, 3.63) is 27.2 Å². The normalized spacial score (nSPS) is 11.4. The molecule has 0 aliphatic heterocycles. The SMILES string of the molecule is CCC(N)(CC)C(=O)Nc1cc(Cl)c(C)cc1Br. The third kappa shape index (κ3) is 3.25. The first-order valence-corrected chi connectivity index (χ1v) is 7.07. The van der Waals surface area contributed by atoms with E-state index in [4.69, 9.17) is 17.3 Å². The van der Waals surface area contributed by atoms with Crippen molar-refractivity contribution in [3.63, 3.8) is 0 Å². The average molecular weight is 334 g/mol. The van der Waals surface area contributed by atoms with E-state index in [1.807, 2.05) is 26.8 Å². The molecule has 1 aromatic carbocycles. The van der Waals surface area contributed by atoms with Gasteiger partial charge in [-0.15, -0.1) is 0 Å². The van der Waals surface area contributed by atoms with Crippen molar-refractivity contribution in [1.29, 1.82) is 0 Å². The molecule has 1 aromatic rings. The van der Waals surface area contributed by atoms with Gasteiger partial charge in [0.2, 0.25) is 5.91 Å². The van der Waals surface area contributed by atoms with Crippen LogP contribution in [0.15, 0.2) is 16.6 Å². The second-order valence-electron chi connectivity index (χ2n) is 4.40. The van der Waals surface area contributed by atoms with Gasteiger partial charge in [0, 0.05) is 9.50 Å². The second kappa shape index (κ2) is 6.04. The van der Waals surface area contributed by atoms with E-state index in [0.29, 0.717) is 23.6 Å². The summed E-state index contributed by atoms with van der Waals surface area (Å²) in [6.45, 7) is 5.71. The maximum Gasteiger partial charge on any atom is 0.244 e. The first-order chi connectivity index (χ1) is 8.34. The summed E-state index contributed by atoms with van der Waals surface area (Å²) in [6, 6.07) is 3.60. The van der Waals surface area contributed by atoms with Crippen LogP contribution in [0, 0.1) is 6.92 Å². The number of carbonyl (C=O) groups is 1. The van der Waals surface area contributed by atoms with Crippen LogP contribution in [0.4, 0.5) is 5.69 Å². The van der Waals surface area contributed by atoms with Gasteiger partial charge in [-0.3, -0.25) is 4.79 Å². The van der Waals surface area contributed by atoms with E-state index in [0.717, 1.165) is 10.0 Å². The van der Waals surface area contributed by atoms with Crippen LogP contribution < -0.4 is 11.1 Å².